The lowest BCUT2D eigenvalue weighted by molar-refractivity contribution is -0.621. The first-order chi connectivity index (χ1) is 10.0. The number of benzene rings is 2. The highest BCUT2D eigenvalue weighted by Gasteiger charge is 2.32. The molecular weight excluding hydrogens is 294 g/mol. The van der Waals surface area contributed by atoms with Crippen LogP contribution < -0.4 is 0 Å². The maximum Gasteiger partial charge on any atom is 0.337 e. The Bertz CT molecular complexity index is 746. The van der Waals surface area contributed by atoms with E-state index in [1.807, 2.05) is 0 Å². The SMILES string of the molecule is O=[N+]([O-])N(N=Cc1ccccc1)S(=O)(=O)c1ccccc1. The van der Waals surface area contributed by atoms with E-state index in [9.17, 15) is 18.5 Å². The first kappa shape index (κ1) is 14.7. The Morgan fingerprint density at radius 3 is 2.05 bits per heavy atom. The summed E-state index contributed by atoms with van der Waals surface area (Å²) < 4.78 is 24.2. The number of hydrogen-bond donors (Lipinski definition) is 0. The predicted molar refractivity (Wildman–Crippen MR) is 76.5 cm³/mol. The highest BCUT2D eigenvalue weighted by atomic mass is 32.2. The zero-order valence-electron chi connectivity index (χ0n) is 10.7. The van der Waals surface area contributed by atoms with Gasteiger partial charge in [-0.3, -0.25) is 0 Å². The third-order valence-electron chi connectivity index (χ3n) is 2.50. The monoisotopic (exact) mass is 305 g/mol. The van der Waals surface area contributed by atoms with E-state index in [-0.39, 0.29) is 9.42 Å². The highest BCUT2D eigenvalue weighted by molar-refractivity contribution is 7.89. The molecule has 0 aliphatic rings. The summed E-state index contributed by atoms with van der Waals surface area (Å²) in [4.78, 5) is 10.8. The zero-order chi connectivity index (χ0) is 15.3. The molecule has 0 unspecified atom stereocenters. The van der Waals surface area contributed by atoms with E-state index in [2.05, 4.69) is 5.10 Å². The van der Waals surface area contributed by atoms with Crippen molar-refractivity contribution in [2.75, 3.05) is 0 Å². The van der Waals surface area contributed by atoms with Crippen LogP contribution in [0.5, 0.6) is 0 Å². The second-order valence-corrected chi connectivity index (χ2v) is 5.68. The minimum atomic E-state index is -4.33. The molecule has 0 fully saturated rings. The van der Waals surface area contributed by atoms with Crippen LogP contribution in [0.15, 0.2) is 70.7 Å². The minimum absolute atomic E-state index is 0.144. The summed E-state index contributed by atoms with van der Waals surface area (Å²) in [6, 6.07) is 15.6. The van der Waals surface area contributed by atoms with Gasteiger partial charge >= 0.3 is 10.0 Å². The molecule has 8 heteroatoms. The van der Waals surface area contributed by atoms with Gasteiger partial charge in [-0.2, -0.15) is 8.42 Å². The lowest BCUT2D eigenvalue weighted by atomic mass is 10.2. The van der Waals surface area contributed by atoms with Crippen LogP contribution in [0.3, 0.4) is 0 Å². The van der Waals surface area contributed by atoms with Gasteiger partial charge in [0, 0.05) is 5.56 Å². The van der Waals surface area contributed by atoms with Gasteiger partial charge in [0.25, 0.3) is 0 Å². The molecule has 0 aliphatic carbocycles. The van der Waals surface area contributed by atoms with Gasteiger partial charge in [0.1, 0.15) is 4.52 Å². The summed E-state index contributed by atoms with van der Waals surface area (Å²) >= 11 is 0. The molecule has 0 saturated carbocycles. The summed E-state index contributed by atoms with van der Waals surface area (Å²) in [6.07, 6.45) is 1.11. The molecular formula is C13H11N3O4S. The average molecular weight is 305 g/mol. The van der Waals surface area contributed by atoms with Gasteiger partial charge in [-0.05, 0) is 12.1 Å². The largest absolute Gasteiger partial charge is 0.338 e. The Balaban J connectivity index is 2.36. The third-order valence-corrected chi connectivity index (χ3v) is 4.03. The Kier molecular flexibility index (Phi) is 4.29. The molecule has 0 aliphatic heterocycles. The van der Waals surface area contributed by atoms with Gasteiger partial charge in [-0.1, -0.05) is 48.5 Å². The van der Waals surface area contributed by atoms with E-state index in [4.69, 9.17) is 0 Å². The molecule has 0 saturated heterocycles. The molecule has 0 amide bonds. The fourth-order valence-corrected chi connectivity index (χ4v) is 2.57. The smallest absolute Gasteiger partial charge is 0.337 e. The number of hydrazone groups is 1. The van der Waals surface area contributed by atoms with Gasteiger partial charge in [0.05, 0.1) is 15.0 Å². The standard InChI is InChI=1S/C13H11N3O4S/c17-16(18)15(14-11-12-7-3-1-4-8-12)21(19,20)13-9-5-2-6-10-13/h1-11H. The minimum Gasteiger partial charge on any atom is -0.338 e. The summed E-state index contributed by atoms with van der Waals surface area (Å²) in [5.74, 6) is 0. The van der Waals surface area contributed by atoms with Crippen LogP contribution in [-0.4, -0.2) is 24.2 Å². The molecule has 7 nitrogen and oxygen atoms in total. The lowest BCUT2D eigenvalue weighted by Gasteiger charge is -2.08. The van der Waals surface area contributed by atoms with Crippen molar-refractivity contribution in [1.82, 2.24) is 4.52 Å². The van der Waals surface area contributed by atoms with Crippen LogP contribution in [-0.2, 0) is 10.0 Å². The topological polar surface area (TPSA) is 92.9 Å². The summed E-state index contributed by atoms with van der Waals surface area (Å²) in [6.45, 7) is 0. The second kappa shape index (κ2) is 6.14. The normalized spacial score (nSPS) is 11.4. The Hall–Kier alpha value is -2.74. The molecule has 0 spiro atoms. The molecule has 21 heavy (non-hydrogen) atoms. The lowest BCUT2D eigenvalue weighted by Crippen LogP contribution is -2.31. The average Bonchev–Trinajstić information content (AvgIpc) is 2.49. The van der Waals surface area contributed by atoms with Crippen LogP contribution >= 0.6 is 0 Å². The van der Waals surface area contributed by atoms with Crippen LogP contribution in [0.1, 0.15) is 5.56 Å². The van der Waals surface area contributed by atoms with Crippen molar-refractivity contribution in [3.8, 4) is 0 Å². The van der Waals surface area contributed by atoms with Crippen LogP contribution in [0.2, 0.25) is 0 Å². The molecule has 2 aromatic carbocycles. The third kappa shape index (κ3) is 3.42. The van der Waals surface area contributed by atoms with Crippen molar-refractivity contribution in [3.63, 3.8) is 0 Å². The van der Waals surface area contributed by atoms with Crippen LogP contribution in [0.4, 0.5) is 0 Å². The Morgan fingerprint density at radius 2 is 1.52 bits per heavy atom. The van der Waals surface area contributed by atoms with E-state index in [0.717, 1.165) is 6.21 Å². The first-order valence-electron chi connectivity index (χ1n) is 5.85. The molecule has 2 aromatic rings. The van der Waals surface area contributed by atoms with E-state index < -0.39 is 15.1 Å². The number of rotatable bonds is 5. The number of sulfonamides is 1. The predicted octanol–water partition coefficient (Wildman–Crippen LogP) is 1.90. The zero-order valence-corrected chi connectivity index (χ0v) is 11.6. The number of hydrogen-bond acceptors (Lipinski definition) is 5. The number of hydrazine groups is 1. The number of nitrogens with zero attached hydrogens (tertiary/aromatic N) is 3. The molecule has 0 heterocycles. The summed E-state index contributed by atoms with van der Waals surface area (Å²) in [5.41, 5.74) is 0.549. The molecule has 0 radical (unpaired) electrons. The molecule has 0 aromatic heterocycles. The molecule has 0 atom stereocenters. The van der Waals surface area contributed by atoms with Crippen molar-refractivity contribution >= 4 is 16.2 Å². The molecule has 108 valence electrons. The van der Waals surface area contributed by atoms with Gasteiger partial charge in [0.2, 0.25) is 0 Å². The molecule has 0 bridgehead atoms. The van der Waals surface area contributed by atoms with Crippen molar-refractivity contribution < 1.29 is 13.5 Å². The maximum absolute atomic E-state index is 12.2. The van der Waals surface area contributed by atoms with E-state index >= 15 is 0 Å². The number of nitro groups is 1. The summed E-state index contributed by atoms with van der Waals surface area (Å²) in [5, 5.41) is 13.4. The van der Waals surface area contributed by atoms with Crippen LogP contribution in [0.25, 0.3) is 0 Å². The van der Waals surface area contributed by atoms with Crippen molar-refractivity contribution in [2.45, 2.75) is 4.90 Å². The first-order valence-corrected chi connectivity index (χ1v) is 7.29. The summed E-state index contributed by atoms with van der Waals surface area (Å²) in [7, 11) is -4.33. The molecule has 0 N–H and O–H groups in total. The van der Waals surface area contributed by atoms with Gasteiger partial charge < -0.3 is 10.1 Å². The van der Waals surface area contributed by atoms with Gasteiger partial charge in [-0.15, -0.1) is 0 Å². The van der Waals surface area contributed by atoms with Gasteiger partial charge in [0.15, 0.2) is 6.21 Å². The molecule has 2 rings (SSSR count). The van der Waals surface area contributed by atoms with Gasteiger partial charge in [-0.25, -0.2) is 0 Å². The van der Waals surface area contributed by atoms with Crippen molar-refractivity contribution in [3.05, 3.63) is 76.3 Å². The fraction of sp³-hybridized carbons (Fsp3) is 0. The second-order valence-electron chi connectivity index (χ2n) is 3.93. The van der Waals surface area contributed by atoms with E-state index in [0.29, 0.717) is 5.56 Å². The van der Waals surface area contributed by atoms with Crippen molar-refractivity contribution in [2.24, 2.45) is 5.10 Å². The van der Waals surface area contributed by atoms with E-state index in [1.165, 1.54) is 24.3 Å². The quantitative estimate of drug-likeness (QED) is 0.479. The van der Waals surface area contributed by atoms with Crippen LogP contribution in [0, 0.1) is 10.1 Å². The Morgan fingerprint density at radius 1 is 1.00 bits per heavy atom. The Labute approximate surface area is 121 Å². The highest BCUT2D eigenvalue weighted by Crippen LogP contribution is 2.15. The van der Waals surface area contributed by atoms with E-state index in [1.54, 1.807) is 36.4 Å². The maximum atomic E-state index is 12.2. The van der Waals surface area contributed by atoms with Crippen molar-refractivity contribution in [1.29, 1.82) is 0 Å². The fourth-order valence-electron chi connectivity index (χ4n) is 1.53.